The monoisotopic (exact) mass is 389 g/mol. The normalized spacial score (nSPS) is 10.4. The lowest BCUT2D eigenvalue weighted by Gasteiger charge is -2.10. The quantitative estimate of drug-likeness (QED) is 0.643. The van der Waals surface area contributed by atoms with Crippen LogP contribution in [0.4, 0.5) is 25.8 Å². The largest absolute Gasteiger partial charge is 0.495 e. The number of ether oxygens (including phenoxy) is 1. The highest BCUT2D eigenvalue weighted by molar-refractivity contribution is 6.32. The second kappa shape index (κ2) is 8.01. The summed E-state index contributed by atoms with van der Waals surface area (Å²) < 4.78 is 31.7. The number of hydrogen-bond acceptors (Lipinski definition) is 4. The third-order valence-electron chi connectivity index (χ3n) is 3.61. The number of aromatic nitrogens is 1. The molecule has 0 bridgehead atoms. The fraction of sp³-hybridized carbons (Fsp3) is 0.0526. The zero-order valence-electron chi connectivity index (χ0n) is 14.1. The van der Waals surface area contributed by atoms with Gasteiger partial charge in [0.1, 0.15) is 23.1 Å². The highest BCUT2D eigenvalue weighted by Gasteiger charge is 2.12. The van der Waals surface area contributed by atoms with Crippen molar-refractivity contribution in [2.75, 3.05) is 17.7 Å². The molecule has 27 heavy (non-hydrogen) atoms. The minimum Gasteiger partial charge on any atom is -0.495 e. The first-order chi connectivity index (χ1) is 13.0. The van der Waals surface area contributed by atoms with Crippen molar-refractivity contribution in [3.05, 3.63) is 77.1 Å². The van der Waals surface area contributed by atoms with Crippen molar-refractivity contribution in [1.82, 2.24) is 4.98 Å². The van der Waals surface area contributed by atoms with Crippen molar-refractivity contribution in [3.63, 3.8) is 0 Å². The summed E-state index contributed by atoms with van der Waals surface area (Å²) in [6.07, 6.45) is 1.43. The van der Waals surface area contributed by atoms with E-state index in [1.165, 1.54) is 19.4 Å². The molecule has 0 atom stereocenters. The number of amides is 1. The van der Waals surface area contributed by atoms with Crippen LogP contribution in [0.2, 0.25) is 5.02 Å². The van der Waals surface area contributed by atoms with E-state index < -0.39 is 17.5 Å². The summed E-state index contributed by atoms with van der Waals surface area (Å²) in [5.41, 5.74) is 1.19. The summed E-state index contributed by atoms with van der Waals surface area (Å²) in [7, 11) is 1.52. The minimum atomic E-state index is -0.870. The Hall–Kier alpha value is -3.19. The molecule has 0 radical (unpaired) electrons. The van der Waals surface area contributed by atoms with Gasteiger partial charge in [0, 0.05) is 23.6 Å². The maximum atomic E-state index is 13.7. The lowest BCUT2D eigenvalue weighted by Crippen LogP contribution is -2.15. The average molecular weight is 390 g/mol. The van der Waals surface area contributed by atoms with Crippen molar-refractivity contribution in [2.45, 2.75) is 0 Å². The Morgan fingerprint density at radius 3 is 2.56 bits per heavy atom. The van der Waals surface area contributed by atoms with E-state index in [2.05, 4.69) is 15.6 Å². The van der Waals surface area contributed by atoms with E-state index in [9.17, 15) is 13.6 Å². The van der Waals surface area contributed by atoms with Crippen LogP contribution in [0.15, 0.2) is 54.7 Å². The molecule has 1 amide bonds. The van der Waals surface area contributed by atoms with Crippen molar-refractivity contribution in [2.24, 2.45) is 0 Å². The molecule has 1 aromatic heterocycles. The molecule has 2 aromatic carbocycles. The van der Waals surface area contributed by atoms with E-state index in [0.717, 1.165) is 12.1 Å². The fourth-order valence-corrected chi connectivity index (χ4v) is 2.58. The first-order valence-corrected chi connectivity index (χ1v) is 8.17. The van der Waals surface area contributed by atoms with Crippen LogP contribution in [0, 0.1) is 11.6 Å². The van der Waals surface area contributed by atoms with Gasteiger partial charge in [-0.25, -0.2) is 8.78 Å². The predicted molar refractivity (Wildman–Crippen MR) is 99.8 cm³/mol. The molecule has 0 spiro atoms. The van der Waals surface area contributed by atoms with Crippen LogP contribution < -0.4 is 15.4 Å². The minimum absolute atomic E-state index is 0.0586. The van der Waals surface area contributed by atoms with Crippen molar-refractivity contribution in [3.8, 4) is 5.75 Å². The topological polar surface area (TPSA) is 63.2 Å². The SMILES string of the molecule is COc1ccc(Nc2ccnc(C(=O)Nc3ccc(F)cc3F)c2)cc1Cl. The third kappa shape index (κ3) is 4.51. The molecule has 8 heteroatoms. The number of pyridine rings is 1. The molecule has 2 N–H and O–H groups in total. The van der Waals surface area contributed by atoms with E-state index in [0.29, 0.717) is 28.2 Å². The Morgan fingerprint density at radius 1 is 1.07 bits per heavy atom. The maximum absolute atomic E-state index is 13.7. The molecule has 0 unspecified atom stereocenters. The average Bonchev–Trinajstić information content (AvgIpc) is 2.64. The van der Waals surface area contributed by atoms with Crippen molar-refractivity contribution < 1.29 is 18.3 Å². The molecule has 0 saturated heterocycles. The fourth-order valence-electron chi connectivity index (χ4n) is 2.32. The summed E-state index contributed by atoms with van der Waals surface area (Å²) in [6.45, 7) is 0. The number of carbonyl (C=O) groups excluding carboxylic acids is 1. The highest BCUT2D eigenvalue weighted by Crippen LogP contribution is 2.29. The first-order valence-electron chi connectivity index (χ1n) is 7.79. The van der Waals surface area contributed by atoms with E-state index in [1.54, 1.807) is 24.3 Å². The van der Waals surface area contributed by atoms with Gasteiger partial charge in [-0.3, -0.25) is 9.78 Å². The van der Waals surface area contributed by atoms with Crippen LogP contribution in [-0.2, 0) is 0 Å². The van der Waals surface area contributed by atoms with E-state index >= 15 is 0 Å². The molecular weight excluding hydrogens is 376 g/mol. The van der Waals surface area contributed by atoms with Gasteiger partial charge >= 0.3 is 0 Å². The first kappa shape index (κ1) is 18.6. The number of anilines is 3. The third-order valence-corrected chi connectivity index (χ3v) is 3.91. The Kier molecular flexibility index (Phi) is 5.52. The van der Waals surface area contributed by atoms with Crippen LogP contribution in [0.1, 0.15) is 10.5 Å². The molecule has 3 aromatic rings. The Morgan fingerprint density at radius 2 is 1.85 bits per heavy atom. The predicted octanol–water partition coefficient (Wildman–Crippen LogP) is 5.02. The van der Waals surface area contributed by atoms with Gasteiger partial charge in [0.05, 0.1) is 17.8 Å². The molecule has 138 valence electrons. The molecule has 3 rings (SSSR count). The van der Waals surface area contributed by atoms with Crippen molar-refractivity contribution in [1.29, 1.82) is 0 Å². The van der Waals surface area contributed by atoms with Gasteiger partial charge in [-0.1, -0.05) is 11.6 Å². The number of halogens is 3. The second-order valence-electron chi connectivity index (χ2n) is 5.48. The van der Waals surface area contributed by atoms with E-state index in [1.807, 2.05) is 0 Å². The van der Waals surface area contributed by atoms with Crippen LogP contribution in [-0.4, -0.2) is 18.0 Å². The zero-order valence-corrected chi connectivity index (χ0v) is 14.8. The van der Waals surface area contributed by atoms with Crippen molar-refractivity contribution >= 4 is 34.6 Å². The summed E-state index contributed by atoms with van der Waals surface area (Å²) in [5, 5.41) is 5.88. The zero-order chi connectivity index (χ0) is 19.4. The lowest BCUT2D eigenvalue weighted by atomic mass is 10.2. The maximum Gasteiger partial charge on any atom is 0.274 e. The molecule has 5 nitrogen and oxygen atoms in total. The number of benzene rings is 2. The van der Waals surface area contributed by atoms with Gasteiger partial charge < -0.3 is 15.4 Å². The van der Waals surface area contributed by atoms with Crippen LogP contribution >= 0.6 is 11.6 Å². The van der Waals surface area contributed by atoms with Crippen LogP contribution in [0.3, 0.4) is 0 Å². The van der Waals surface area contributed by atoms with Gasteiger partial charge in [-0.05, 0) is 42.5 Å². The second-order valence-corrected chi connectivity index (χ2v) is 5.89. The molecule has 0 saturated carbocycles. The number of methoxy groups -OCH3 is 1. The summed E-state index contributed by atoms with van der Waals surface area (Å²) in [5.74, 6) is -1.69. The van der Waals surface area contributed by atoms with Crippen LogP contribution in [0.25, 0.3) is 0 Å². The molecule has 0 aliphatic carbocycles. The van der Waals surface area contributed by atoms with Gasteiger partial charge in [-0.2, -0.15) is 0 Å². The summed E-state index contributed by atoms with van der Waals surface area (Å²) >= 11 is 6.09. The molecule has 0 fully saturated rings. The standard InChI is InChI=1S/C19H14ClF2N3O2/c1-27-18-5-3-12(9-14(18)20)24-13-6-7-23-17(10-13)19(26)25-16-4-2-11(21)8-15(16)22/h2-10H,1H3,(H,23,24)(H,25,26). The van der Waals surface area contributed by atoms with Gasteiger partial charge in [0.25, 0.3) is 5.91 Å². The Labute approximate surface area is 159 Å². The number of hydrogen-bond donors (Lipinski definition) is 2. The Bertz CT molecular complexity index is 998. The van der Waals surface area contributed by atoms with E-state index in [4.69, 9.17) is 16.3 Å². The summed E-state index contributed by atoms with van der Waals surface area (Å²) in [6, 6.07) is 11.2. The van der Waals surface area contributed by atoms with Crippen LogP contribution in [0.5, 0.6) is 5.75 Å². The smallest absolute Gasteiger partial charge is 0.274 e. The molecule has 0 aliphatic rings. The molecule has 0 aliphatic heterocycles. The number of nitrogens with zero attached hydrogens (tertiary/aromatic N) is 1. The molecular formula is C19H14ClF2N3O2. The number of carbonyl (C=O) groups is 1. The molecule has 1 heterocycles. The van der Waals surface area contributed by atoms with Gasteiger partial charge in [0.2, 0.25) is 0 Å². The Balaban J connectivity index is 1.76. The van der Waals surface area contributed by atoms with Gasteiger partial charge in [0.15, 0.2) is 0 Å². The lowest BCUT2D eigenvalue weighted by molar-refractivity contribution is 0.102. The summed E-state index contributed by atoms with van der Waals surface area (Å²) in [4.78, 5) is 16.3. The number of rotatable bonds is 5. The number of nitrogens with one attached hydrogen (secondary N) is 2. The van der Waals surface area contributed by atoms with Gasteiger partial charge in [-0.15, -0.1) is 0 Å². The highest BCUT2D eigenvalue weighted by atomic mass is 35.5. The van der Waals surface area contributed by atoms with E-state index in [-0.39, 0.29) is 11.4 Å².